The monoisotopic (exact) mass is 406 g/mol. The van der Waals surface area contributed by atoms with Gasteiger partial charge in [-0.2, -0.15) is 0 Å². The number of nitro groups is 1. The average molecular weight is 406 g/mol. The lowest BCUT2D eigenvalue weighted by Gasteiger charge is -2.11. The van der Waals surface area contributed by atoms with Gasteiger partial charge in [-0.15, -0.1) is 13.2 Å². The van der Waals surface area contributed by atoms with E-state index in [4.69, 9.17) is 0 Å². The van der Waals surface area contributed by atoms with E-state index >= 15 is 0 Å². The number of ether oxygens (including phenoxy) is 2. The van der Waals surface area contributed by atoms with Gasteiger partial charge in [0.05, 0.1) is 22.7 Å². The summed E-state index contributed by atoms with van der Waals surface area (Å²) in [7, 11) is 1.05. The second-order valence-electron chi connectivity index (χ2n) is 3.30. The maximum atomic E-state index is 12.2. The van der Waals surface area contributed by atoms with Crippen LogP contribution in [-0.4, -0.2) is 29.3 Å². The predicted octanol–water partition coefficient (Wildman–Crippen LogP) is 2.21. The number of carbonyl (C=O) groups is 1. The van der Waals surface area contributed by atoms with Crippen LogP contribution in [0.5, 0.6) is 5.75 Å². The zero-order valence-electron chi connectivity index (χ0n) is 9.73. The van der Waals surface area contributed by atoms with Gasteiger partial charge in [0.25, 0.3) is 0 Å². The smallest absolute Gasteiger partial charge is 0.469 e. The molecule has 0 aliphatic heterocycles. The SMILES string of the molecule is COC(=O)Cc1c([N+](=O)[O-])ncc(OC(F)(F)F)c1I. The number of carbonyl (C=O) groups excluding carboxylic acids is 1. The van der Waals surface area contributed by atoms with Crippen LogP contribution in [0.3, 0.4) is 0 Å². The van der Waals surface area contributed by atoms with E-state index in [2.05, 4.69) is 14.5 Å². The normalized spacial score (nSPS) is 11.1. The van der Waals surface area contributed by atoms with Gasteiger partial charge in [0.1, 0.15) is 0 Å². The highest BCUT2D eigenvalue weighted by molar-refractivity contribution is 14.1. The van der Waals surface area contributed by atoms with Crippen LogP contribution >= 0.6 is 22.6 Å². The van der Waals surface area contributed by atoms with Gasteiger partial charge in [0.15, 0.2) is 11.9 Å². The molecule has 0 radical (unpaired) electrons. The van der Waals surface area contributed by atoms with Crippen LogP contribution in [0.2, 0.25) is 0 Å². The third-order valence-electron chi connectivity index (χ3n) is 2.00. The molecule has 0 aromatic carbocycles. The topological polar surface area (TPSA) is 91.6 Å². The Morgan fingerprint density at radius 1 is 1.55 bits per heavy atom. The van der Waals surface area contributed by atoms with Crippen molar-refractivity contribution >= 4 is 34.4 Å². The lowest BCUT2D eigenvalue weighted by molar-refractivity contribution is -0.390. The summed E-state index contributed by atoms with van der Waals surface area (Å²) in [6.07, 6.45) is -4.98. The van der Waals surface area contributed by atoms with Gasteiger partial charge in [0, 0.05) is 0 Å². The first-order valence-corrected chi connectivity index (χ1v) is 5.88. The van der Waals surface area contributed by atoms with Crippen molar-refractivity contribution in [3.63, 3.8) is 0 Å². The minimum absolute atomic E-state index is 0.230. The molecule has 0 amide bonds. The van der Waals surface area contributed by atoms with Crippen LogP contribution < -0.4 is 4.74 Å². The quantitative estimate of drug-likeness (QED) is 0.330. The fourth-order valence-electron chi connectivity index (χ4n) is 1.23. The highest BCUT2D eigenvalue weighted by atomic mass is 127. The van der Waals surface area contributed by atoms with Crippen molar-refractivity contribution in [2.24, 2.45) is 0 Å². The number of esters is 1. The Bertz CT molecular complexity index is 549. The number of nitrogens with zero attached hydrogens (tertiary/aromatic N) is 2. The molecule has 0 saturated heterocycles. The Morgan fingerprint density at radius 2 is 2.15 bits per heavy atom. The Hall–Kier alpha value is -1.66. The number of hydrogen-bond donors (Lipinski definition) is 0. The van der Waals surface area contributed by atoms with Crippen molar-refractivity contribution in [1.82, 2.24) is 4.98 Å². The summed E-state index contributed by atoms with van der Waals surface area (Å²) in [5.41, 5.74) is -0.302. The third-order valence-corrected chi connectivity index (χ3v) is 3.19. The minimum atomic E-state index is -4.97. The first-order valence-electron chi connectivity index (χ1n) is 4.80. The second-order valence-corrected chi connectivity index (χ2v) is 4.38. The first kappa shape index (κ1) is 16.4. The van der Waals surface area contributed by atoms with Gasteiger partial charge < -0.3 is 19.6 Å². The van der Waals surface area contributed by atoms with Gasteiger partial charge in [-0.1, -0.05) is 0 Å². The molecule has 20 heavy (non-hydrogen) atoms. The van der Waals surface area contributed by atoms with E-state index in [0.29, 0.717) is 6.20 Å². The van der Waals surface area contributed by atoms with Crippen molar-refractivity contribution < 1.29 is 32.4 Å². The number of methoxy groups -OCH3 is 1. The largest absolute Gasteiger partial charge is 0.573 e. The Morgan fingerprint density at radius 3 is 2.60 bits per heavy atom. The zero-order chi connectivity index (χ0) is 15.5. The number of rotatable bonds is 4. The maximum absolute atomic E-state index is 12.2. The Balaban J connectivity index is 3.30. The molecule has 1 rings (SSSR count). The first-order chi connectivity index (χ1) is 9.15. The van der Waals surface area contributed by atoms with Crippen LogP contribution in [0.4, 0.5) is 19.0 Å². The van der Waals surface area contributed by atoms with Gasteiger partial charge >= 0.3 is 18.1 Å². The molecule has 0 fully saturated rings. The molecule has 0 atom stereocenters. The van der Waals surface area contributed by atoms with Crippen molar-refractivity contribution in [1.29, 1.82) is 0 Å². The van der Waals surface area contributed by atoms with Crippen molar-refractivity contribution in [3.05, 3.63) is 25.4 Å². The number of halogens is 4. The number of aromatic nitrogens is 1. The van der Waals surface area contributed by atoms with Crippen molar-refractivity contribution in [3.8, 4) is 5.75 Å². The minimum Gasteiger partial charge on any atom is -0.469 e. The van der Waals surface area contributed by atoms with Gasteiger partial charge in [-0.25, -0.2) is 0 Å². The molecule has 0 unspecified atom stereocenters. The molecule has 0 saturated carbocycles. The van der Waals surface area contributed by atoms with Gasteiger partial charge in [-0.3, -0.25) is 4.79 Å². The molecule has 1 heterocycles. The van der Waals surface area contributed by atoms with E-state index in [1.54, 1.807) is 0 Å². The molecule has 11 heteroatoms. The molecular formula is C9H6F3IN2O5. The van der Waals surface area contributed by atoms with Crippen LogP contribution in [0.1, 0.15) is 5.56 Å². The number of pyridine rings is 1. The molecular weight excluding hydrogens is 400 g/mol. The van der Waals surface area contributed by atoms with E-state index in [0.717, 1.165) is 7.11 Å². The third kappa shape index (κ3) is 4.18. The summed E-state index contributed by atoms with van der Waals surface area (Å²) in [4.78, 5) is 24.3. The Kier molecular flexibility index (Phi) is 5.08. The van der Waals surface area contributed by atoms with E-state index in [1.165, 1.54) is 22.6 Å². The summed E-state index contributed by atoms with van der Waals surface area (Å²) < 4.78 is 44.3. The highest BCUT2D eigenvalue weighted by Gasteiger charge is 2.35. The van der Waals surface area contributed by atoms with Gasteiger partial charge in [0.2, 0.25) is 0 Å². The van der Waals surface area contributed by atoms with Crippen LogP contribution in [0, 0.1) is 13.7 Å². The summed E-state index contributed by atoms with van der Waals surface area (Å²) in [5.74, 6) is -2.30. The van der Waals surface area contributed by atoms with E-state index in [1.807, 2.05) is 0 Å². The average Bonchev–Trinajstić information content (AvgIpc) is 2.32. The van der Waals surface area contributed by atoms with Crippen molar-refractivity contribution in [2.45, 2.75) is 12.8 Å². The molecule has 0 aliphatic carbocycles. The second kappa shape index (κ2) is 6.19. The standard InChI is InChI=1S/C9H6F3IN2O5/c1-19-6(16)2-4-7(13)5(20-9(10,11)12)3-14-8(4)15(17)18/h3H,2H2,1H3. The molecule has 110 valence electrons. The molecule has 0 aliphatic rings. The molecule has 7 nitrogen and oxygen atoms in total. The van der Waals surface area contributed by atoms with Crippen LogP contribution in [-0.2, 0) is 16.0 Å². The fraction of sp³-hybridized carbons (Fsp3) is 0.333. The van der Waals surface area contributed by atoms with Crippen molar-refractivity contribution in [2.75, 3.05) is 7.11 Å². The van der Waals surface area contributed by atoms with E-state index in [-0.39, 0.29) is 9.13 Å². The summed E-state index contributed by atoms with van der Waals surface area (Å²) in [6, 6.07) is 0. The molecule has 1 aromatic heterocycles. The number of hydrogen-bond acceptors (Lipinski definition) is 6. The maximum Gasteiger partial charge on any atom is 0.573 e. The zero-order valence-corrected chi connectivity index (χ0v) is 11.9. The summed E-state index contributed by atoms with van der Waals surface area (Å²) >= 11 is 1.41. The van der Waals surface area contributed by atoms with Crippen LogP contribution in [0.15, 0.2) is 6.20 Å². The predicted molar refractivity (Wildman–Crippen MR) is 66.0 cm³/mol. The lowest BCUT2D eigenvalue weighted by atomic mass is 10.2. The molecule has 1 aromatic rings. The highest BCUT2D eigenvalue weighted by Crippen LogP contribution is 2.33. The summed E-state index contributed by atoms with van der Waals surface area (Å²) in [5, 5.41) is 10.8. The number of alkyl halides is 3. The van der Waals surface area contributed by atoms with E-state index < -0.39 is 35.2 Å². The molecule has 0 N–H and O–H groups in total. The Labute approximate surface area is 123 Å². The lowest BCUT2D eigenvalue weighted by Crippen LogP contribution is -2.19. The fourth-order valence-corrected chi connectivity index (χ4v) is 1.91. The summed E-state index contributed by atoms with van der Waals surface area (Å²) in [6.45, 7) is 0. The molecule has 0 bridgehead atoms. The van der Waals surface area contributed by atoms with E-state index in [9.17, 15) is 28.1 Å². The van der Waals surface area contributed by atoms with Gasteiger partial charge in [-0.05, 0) is 32.5 Å². The van der Waals surface area contributed by atoms with Crippen LogP contribution in [0.25, 0.3) is 0 Å². The molecule has 0 spiro atoms.